The van der Waals surface area contributed by atoms with Gasteiger partial charge in [-0.2, -0.15) is 0 Å². The average Bonchev–Trinajstić information content (AvgIpc) is 2.41. The summed E-state index contributed by atoms with van der Waals surface area (Å²) < 4.78 is 10.6. The molecule has 4 nitrogen and oxygen atoms in total. The van der Waals surface area contributed by atoms with Crippen LogP contribution in [0.4, 0.5) is 4.79 Å². The number of Topliss-reactive ketones (excluding diaryl/α,β-unsaturated/α-hetero) is 1. The Kier molecular flexibility index (Phi) is 7.26. The first-order chi connectivity index (χ1) is 11.7. The van der Waals surface area contributed by atoms with Crippen molar-refractivity contribution in [2.75, 3.05) is 0 Å². The van der Waals surface area contributed by atoms with Crippen LogP contribution in [-0.2, 0) is 14.3 Å². The van der Waals surface area contributed by atoms with Gasteiger partial charge in [0.05, 0.1) is 5.57 Å². The molecule has 26 heavy (non-hydrogen) atoms. The third-order valence-corrected chi connectivity index (χ3v) is 4.36. The predicted molar refractivity (Wildman–Crippen MR) is 105 cm³/mol. The molecule has 0 N–H and O–H groups in total. The molecule has 4 heteroatoms. The maximum absolute atomic E-state index is 12.2. The molecule has 1 unspecified atom stereocenters. The Morgan fingerprint density at radius 3 is 2.08 bits per heavy atom. The van der Waals surface area contributed by atoms with Gasteiger partial charge in [0.25, 0.3) is 0 Å². The summed E-state index contributed by atoms with van der Waals surface area (Å²) in [6.07, 6.45) is 3.60. The normalized spacial score (nSPS) is 17.1. The number of ketones is 1. The Balaban J connectivity index is 3.12. The predicted octanol–water partition coefficient (Wildman–Crippen LogP) is 6.21. The Hall–Kier alpha value is -1.58. The second-order valence-electron chi connectivity index (χ2n) is 9.79. The number of hydrogen-bond acceptors (Lipinski definition) is 4. The van der Waals surface area contributed by atoms with Crippen LogP contribution >= 0.6 is 0 Å². The van der Waals surface area contributed by atoms with E-state index in [4.69, 9.17) is 9.47 Å². The standard InChI is InChI=1S/C22H36O4/c1-14(2)18(13-21(4,5)6)16-10-11-19(17(12-16)15(3)23)25-20(24)26-22(7,8)9/h12,14,18H,10-11,13H2,1-9H3. The van der Waals surface area contributed by atoms with E-state index in [0.29, 0.717) is 29.6 Å². The second-order valence-corrected chi connectivity index (χ2v) is 9.79. The van der Waals surface area contributed by atoms with Crippen molar-refractivity contribution in [2.24, 2.45) is 17.3 Å². The monoisotopic (exact) mass is 364 g/mol. The molecule has 0 bridgehead atoms. The van der Waals surface area contributed by atoms with Crippen molar-refractivity contribution in [3.8, 4) is 0 Å². The third-order valence-electron chi connectivity index (χ3n) is 4.36. The van der Waals surface area contributed by atoms with Crippen LogP contribution < -0.4 is 0 Å². The fourth-order valence-corrected chi connectivity index (χ4v) is 3.25. The summed E-state index contributed by atoms with van der Waals surface area (Å²) in [5.41, 5.74) is 1.36. The van der Waals surface area contributed by atoms with Crippen LogP contribution in [0.5, 0.6) is 0 Å². The van der Waals surface area contributed by atoms with E-state index in [0.717, 1.165) is 12.8 Å². The van der Waals surface area contributed by atoms with Gasteiger partial charge in [0.15, 0.2) is 5.78 Å². The van der Waals surface area contributed by atoms with Crippen molar-refractivity contribution < 1.29 is 19.1 Å². The molecule has 0 fully saturated rings. The molecular formula is C22H36O4. The molecule has 0 radical (unpaired) electrons. The van der Waals surface area contributed by atoms with Crippen LogP contribution in [0.1, 0.15) is 81.6 Å². The molecule has 0 aromatic carbocycles. The molecule has 1 atom stereocenters. The third kappa shape index (κ3) is 7.35. The van der Waals surface area contributed by atoms with Crippen molar-refractivity contribution in [1.29, 1.82) is 0 Å². The number of ether oxygens (including phenoxy) is 2. The van der Waals surface area contributed by atoms with Gasteiger partial charge in [-0.05, 0) is 63.9 Å². The van der Waals surface area contributed by atoms with Gasteiger partial charge < -0.3 is 9.47 Å². The summed E-state index contributed by atoms with van der Waals surface area (Å²) in [4.78, 5) is 24.2. The first-order valence-electron chi connectivity index (χ1n) is 9.55. The van der Waals surface area contributed by atoms with E-state index in [2.05, 4.69) is 34.6 Å². The van der Waals surface area contributed by atoms with Gasteiger partial charge in [-0.25, -0.2) is 4.79 Å². The molecule has 1 aliphatic carbocycles. The maximum atomic E-state index is 12.2. The van der Waals surface area contributed by atoms with E-state index in [1.165, 1.54) is 12.5 Å². The second kappa shape index (κ2) is 8.41. The molecular weight excluding hydrogens is 328 g/mol. The summed E-state index contributed by atoms with van der Waals surface area (Å²) in [5, 5.41) is 0. The van der Waals surface area contributed by atoms with Crippen LogP contribution in [0.15, 0.2) is 23.0 Å². The highest BCUT2D eigenvalue weighted by molar-refractivity contribution is 5.97. The van der Waals surface area contributed by atoms with Crippen molar-refractivity contribution in [2.45, 2.75) is 87.2 Å². The minimum atomic E-state index is -0.752. The quantitative estimate of drug-likeness (QED) is 0.544. The minimum Gasteiger partial charge on any atom is -0.428 e. The summed E-state index contributed by atoms with van der Waals surface area (Å²) in [7, 11) is 0. The molecule has 0 aromatic heterocycles. The molecule has 1 rings (SSSR count). The zero-order valence-electron chi connectivity index (χ0n) is 18.0. The van der Waals surface area contributed by atoms with Gasteiger partial charge in [0.1, 0.15) is 11.4 Å². The smallest absolute Gasteiger partial charge is 0.428 e. The molecule has 0 aromatic rings. The fraction of sp³-hybridized carbons (Fsp3) is 0.727. The van der Waals surface area contributed by atoms with Crippen LogP contribution in [0.2, 0.25) is 0 Å². The zero-order chi connectivity index (χ0) is 20.3. The number of hydrogen-bond donors (Lipinski definition) is 0. The van der Waals surface area contributed by atoms with Gasteiger partial charge in [-0.15, -0.1) is 0 Å². The van der Waals surface area contributed by atoms with Crippen LogP contribution in [0.3, 0.4) is 0 Å². The lowest BCUT2D eigenvalue weighted by molar-refractivity contribution is -0.113. The molecule has 0 spiro atoms. The highest BCUT2D eigenvalue weighted by Crippen LogP contribution is 2.39. The van der Waals surface area contributed by atoms with E-state index >= 15 is 0 Å². The molecule has 148 valence electrons. The molecule has 0 saturated carbocycles. The van der Waals surface area contributed by atoms with E-state index in [1.54, 1.807) is 20.8 Å². The van der Waals surface area contributed by atoms with E-state index < -0.39 is 11.8 Å². The zero-order valence-corrected chi connectivity index (χ0v) is 18.0. The SMILES string of the molecule is CC(=O)C1=C(OC(=O)OC(C)(C)C)CCC(C(CC(C)(C)C)C(C)C)=C1. The number of allylic oxidation sites excluding steroid dienone is 4. The van der Waals surface area contributed by atoms with Crippen molar-refractivity contribution >= 4 is 11.9 Å². The molecule has 0 amide bonds. The van der Waals surface area contributed by atoms with Gasteiger partial charge >= 0.3 is 6.16 Å². The van der Waals surface area contributed by atoms with Gasteiger partial charge in [-0.1, -0.05) is 40.2 Å². The summed E-state index contributed by atoms with van der Waals surface area (Å²) in [6, 6.07) is 0. The summed E-state index contributed by atoms with van der Waals surface area (Å²) in [6.45, 7) is 18.0. The molecule has 0 aliphatic heterocycles. The number of carbonyl (C=O) groups is 2. The number of rotatable bonds is 5. The first kappa shape index (κ1) is 22.5. The fourth-order valence-electron chi connectivity index (χ4n) is 3.25. The summed E-state index contributed by atoms with van der Waals surface area (Å²) >= 11 is 0. The van der Waals surface area contributed by atoms with Gasteiger partial charge in [-0.3, -0.25) is 4.79 Å². The molecule has 0 heterocycles. The minimum absolute atomic E-state index is 0.0842. The molecule has 1 aliphatic rings. The summed E-state index contributed by atoms with van der Waals surface area (Å²) in [5.74, 6) is 1.24. The number of carbonyl (C=O) groups excluding carboxylic acids is 2. The van der Waals surface area contributed by atoms with Crippen molar-refractivity contribution in [1.82, 2.24) is 0 Å². The lowest BCUT2D eigenvalue weighted by Gasteiger charge is -2.33. The van der Waals surface area contributed by atoms with Crippen LogP contribution in [0, 0.1) is 17.3 Å². The Morgan fingerprint density at radius 2 is 1.65 bits per heavy atom. The Bertz CT molecular complexity index is 595. The largest absolute Gasteiger partial charge is 0.514 e. The molecule has 0 saturated heterocycles. The lowest BCUT2D eigenvalue weighted by atomic mass is 9.73. The van der Waals surface area contributed by atoms with E-state index in [9.17, 15) is 9.59 Å². The van der Waals surface area contributed by atoms with Gasteiger partial charge in [0, 0.05) is 6.42 Å². The van der Waals surface area contributed by atoms with E-state index in [-0.39, 0.29) is 11.2 Å². The van der Waals surface area contributed by atoms with Crippen LogP contribution in [0.25, 0.3) is 0 Å². The van der Waals surface area contributed by atoms with Crippen LogP contribution in [-0.4, -0.2) is 17.5 Å². The maximum Gasteiger partial charge on any atom is 0.514 e. The Labute approximate surface area is 159 Å². The lowest BCUT2D eigenvalue weighted by Crippen LogP contribution is -2.26. The highest BCUT2D eigenvalue weighted by atomic mass is 16.7. The average molecular weight is 365 g/mol. The topological polar surface area (TPSA) is 52.6 Å². The highest BCUT2D eigenvalue weighted by Gasteiger charge is 2.29. The van der Waals surface area contributed by atoms with E-state index in [1.807, 2.05) is 6.08 Å². The Morgan fingerprint density at radius 1 is 1.08 bits per heavy atom. The van der Waals surface area contributed by atoms with Crippen molar-refractivity contribution in [3.05, 3.63) is 23.0 Å². The first-order valence-corrected chi connectivity index (χ1v) is 9.55. The van der Waals surface area contributed by atoms with Crippen molar-refractivity contribution in [3.63, 3.8) is 0 Å². The van der Waals surface area contributed by atoms with Gasteiger partial charge in [0.2, 0.25) is 0 Å².